The van der Waals surface area contributed by atoms with Crippen molar-refractivity contribution in [1.82, 2.24) is 35.7 Å². The number of rotatable bonds is 4. The number of nitrogens with one attached hydrogen (secondary N) is 2. The first-order valence-electron chi connectivity index (χ1n) is 5.83. The topological polar surface area (TPSA) is 101 Å². The van der Waals surface area contributed by atoms with E-state index in [2.05, 4.69) is 31.0 Å². The van der Waals surface area contributed by atoms with Gasteiger partial charge in [-0.15, -0.1) is 16.4 Å². The van der Waals surface area contributed by atoms with Crippen LogP contribution in [-0.2, 0) is 6.54 Å². The highest BCUT2D eigenvalue weighted by Gasteiger charge is 2.15. The predicted molar refractivity (Wildman–Crippen MR) is 71.5 cm³/mol. The summed E-state index contributed by atoms with van der Waals surface area (Å²) >= 11 is 1.35. The Kier molecular flexibility index (Phi) is 3.25. The van der Waals surface area contributed by atoms with Crippen LogP contribution in [0.25, 0.3) is 5.69 Å². The maximum Gasteiger partial charge on any atom is 0.263 e. The lowest BCUT2D eigenvalue weighted by Gasteiger charge is -2.05. The Bertz CT molecular complexity index is 715. The van der Waals surface area contributed by atoms with Crippen LogP contribution in [-0.4, -0.2) is 36.3 Å². The van der Waals surface area contributed by atoms with Crippen molar-refractivity contribution in [2.24, 2.45) is 0 Å². The van der Waals surface area contributed by atoms with Gasteiger partial charge in [-0.2, -0.15) is 9.78 Å². The van der Waals surface area contributed by atoms with Gasteiger partial charge in [-0.1, -0.05) is 0 Å². The van der Waals surface area contributed by atoms with E-state index in [1.54, 1.807) is 12.3 Å². The van der Waals surface area contributed by atoms with Crippen LogP contribution >= 0.6 is 11.3 Å². The van der Waals surface area contributed by atoms with Gasteiger partial charge in [0.2, 0.25) is 0 Å². The molecular formula is C11H11N7OS. The molecule has 0 radical (unpaired) electrons. The Morgan fingerprint density at radius 3 is 3.15 bits per heavy atom. The summed E-state index contributed by atoms with van der Waals surface area (Å²) in [6.07, 6.45) is 3.16. The number of hydrogen-bond donors (Lipinski definition) is 2. The number of aromatic nitrogens is 6. The largest absolute Gasteiger partial charge is 0.347 e. The lowest BCUT2D eigenvalue weighted by atomic mass is 10.2. The predicted octanol–water partition coefficient (Wildman–Crippen LogP) is 0.685. The molecule has 2 N–H and O–H groups in total. The molecule has 0 aliphatic heterocycles. The van der Waals surface area contributed by atoms with Crippen molar-refractivity contribution in [3.05, 3.63) is 40.1 Å². The summed E-state index contributed by atoms with van der Waals surface area (Å²) in [4.78, 5) is 12.8. The molecular weight excluding hydrogens is 278 g/mol. The summed E-state index contributed by atoms with van der Waals surface area (Å²) in [6.45, 7) is 2.33. The molecule has 0 saturated carbocycles. The average Bonchev–Trinajstić information content (AvgIpc) is 3.17. The first-order chi connectivity index (χ1) is 9.75. The Morgan fingerprint density at radius 1 is 1.55 bits per heavy atom. The summed E-state index contributed by atoms with van der Waals surface area (Å²) < 4.78 is 1.47. The molecule has 3 rings (SSSR count). The van der Waals surface area contributed by atoms with Gasteiger partial charge < -0.3 is 5.32 Å². The zero-order valence-corrected chi connectivity index (χ0v) is 11.4. The third-order valence-electron chi connectivity index (χ3n) is 2.82. The molecule has 3 heterocycles. The molecule has 0 spiro atoms. The van der Waals surface area contributed by atoms with E-state index in [9.17, 15) is 4.79 Å². The second kappa shape index (κ2) is 5.21. The van der Waals surface area contributed by atoms with Gasteiger partial charge in [0.1, 0.15) is 11.2 Å². The van der Waals surface area contributed by atoms with Gasteiger partial charge in [0.25, 0.3) is 5.91 Å². The van der Waals surface area contributed by atoms with E-state index in [0.717, 1.165) is 11.3 Å². The van der Waals surface area contributed by atoms with Crippen molar-refractivity contribution in [2.75, 3.05) is 0 Å². The summed E-state index contributed by atoms with van der Waals surface area (Å²) in [5.74, 6) is -0.161. The number of carbonyl (C=O) groups excluding carboxylic acids is 1. The molecule has 0 unspecified atom stereocenters. The molecule has 0 aromatic carbocycles. The normalized spacial score (nSPS) is 10.7. The van der Waals surface area contributed by atoms with Gasteiger partial charge >= 0.3 is 0 Å². The highest BCUT2D eigenvalue weighted by molar-refractivity contribution is 7.12. The molecule has 0 fully saturated rings. The molecule has 3 aromatic heterocycles. The van der Waals surface area contributed by atoms with Crippen molar-refractivity contribution >= 4 is 17.2 Å². The number of nitrogens with zero attached hydrogens (tertiary/aromatic N) is 5. The summed E-state index contributed by atoms with van der Waals surface area (Å²) in [7, 11) is 0. The number of H-pyrrole nitrogens is 1. The Labute approximate surface area is 117 Å². The molecule has 3 aromatic rings. The number of carbonyl (C=O) groups is 1. The van der Waals surface area contributed by atoms with Gasteiger partial charge in [-0.05, 0) is 28.8 Å². The lowest BCUT2D eigenvalue weighted by molar-refractivity contribution is 0.0955. The molecule has 0 aliphatic rings. The van der Waals surface area contributed by atoms with Crippen molar-refractivity contribution in [2.45, 2.75) is 13.5 Å². The maximum absolute atomic E-state index is 12.2. The smallest absolute Gasteiger partial charge is 0.263 e. The van der Waals surface area contributed by atoms with E-state index < -0.39 is 0 Å². The quantitative estimate of drug-likeness (QED) is 0.735. The number of thiophene rings is 1. The number of tetrazole rings is 1. The second-order valence-corrected chi connectivity index (χ2v) is 5.01. The summed E-state index contributed by atoms with van der Waals surface area (Å²) in [5.41, 5.74) is 2.57. The SMILES string of the molecule is Cc1[nH]ncc1CNC(=O)c1sccc1-n1cnnn1. The van der Waals surface area contributed by atoms with Crippen LogP contribution < -0.4 is 5.32 Å². The van der Waals surface area contributed by atoms with Gasteiger partial charge in [0.05, 0.1) is 11.9 Å². The van der Waals surface area contributed by atoms with Crippen LogP contribution in [0.4, 0.5) is 0 Å². The number of aryl methyl sites for hydroxylation is 1. The van der Waals surface area contributed by atoms with Gasteiger partial charge in [0, 0.05) is 17.8 Å². The molecule has 0 saturated heterocycles. The van der Waals surface area contributed by atoms with Crippen LogP contribution in [0.15, 0.2) is 24.0 Å². The Balaban J connectivity index is 1.75. The van der Waals surface area contributed by atoms with E-state index in [4.69, 9.17) is 0 Å². The van der Waals surface area contributed by atoms with E-state index in [0.29, 0.717) is 17.1 Å². The Morgan fingerprint density at radius 2 is 2.45 bits per heavy atom. The minimum atomic E-state index is -0.161. The summed E-state index contributed by atoms with van der Waals surface area (Å²) in [6, 6.07) is 1.80. The number of hydrogen-bond acceptors (Lipinski definition) is 6. The summed E-state index contributed by atoms with van der Waals surface area (Å²) in [5, 5.41) is 22.4. The van der Waals surface area contributed by atoms with Crippen LogP contribution in [0.2, 0.25) is 0 Å². The fraction of sp³-hybridized carbons (Fsp3) is 0.182. The van der Waals surface area contributed by atoms with Gasteiger partial charge in [-0.25, -0.2) is 0 Å². The van der Waals surface area contributed by atoms with Crippen LogP contribution in [0.1, 0.15) is 20.9 Å². The van der Waals surface area contributed by atoms with Crippen LogP contribution in [0.5, 0.6) is 0 Å². The highest BCUT2D eigenvalue weighted by atomic mass is 32.1. The fourth-order valence-electron chi connectivity index (χ4n) is 1.73. The van der Waals surface area contributed by atoms with Gasteiger partial charge in [-0.3, -0.25) is 9.89 Å². The molecule has 0 bridgehead atoms. The Hall–Kier alpha value is -2.55. The van der Waals surface area contributed by atoms with E-state index in [-0.39, 0.29) is 5.91 Å². The van der Waals surface area contributed by atoms with E-state index in [1.807, 2.05) is 12.3 Å². The average molecular weight is 289 g/mol. The molecule has 0 atom stereocenters. The highest BCUT2D eigenvalue weighted by Crippen LogP contribution is 2.19. The zero-order chi connectivity index (χ0) is 13.9. The number of aromatic amines is 1. The molecule has 0 aliphatic carbocycles. The standard InChI is InChI=1S/C11H11N7OS/c1-7-8(5-13-15-7)4-12-11(19)10-9(2-3-20-10)18-6-14-16-17-18/h2-3,5-6H,4H2,1H3,(H,12,19)(H,13,15). The molecule has 9 heteroatoms. The molecule has 1 amide bonds. The minimum Gasteiger partial charge on any atom is -0.347 e. The first kappa shape index (κ1) is 12.5. The monoisotopic (exact) mass is 289 g/mol. The fourth-order valence-corrected chi connectivity index (χ4v) is 2.53. The molecule has 20 heavy (non-hydrogen) atoms. The van der Waals surface area contributed by atoms with Crippen molar-refractivity contribution in [1.29, 1.82) is 0 Å². The first-order valence-corrected chi connectivity index (χ1v) is 6.71. The minimum absolute atomic E-state index is 0.161. The van der Waals surface area contributed by atoms with Crippen molar-refractivity contribution in [3.8, 4) is 5.69 Å². The second-order valence-electron chi connectivity index (χ2n) is 4.09. The van der Waals surface area contributed by atoms with E-state index >= 15 is 0 Å². The van der Waals surface area contributed by atoms with E-state index in [1.165, 1.54) is 22.3 Å². The molecule has 8 nitrogen and oxygen atoms in total. The van der Waals surface area contributed by atoms with Crippen LogP contribution in [0.3, 0.4) is 0 Å². The maximum atomic E-state index is 12.2. The lowest BCUT2D eigenvalue weighted by Crippen LogP contribution is -2.23. The van der Waals surface area contributed by atoms with Gasteiger partial charge in [0.15, 0.2) is 0 Å². The third kappa shape index (κ3) is 2.30. The van der Waals surface area contributed by atoms with Crippen molar-refractivity contribution < 1.29 is 4.79 Å². The third-order valence-corrected chi connectivity index (χ3v) is 3.72. The zero-order valence-electron chi connectivity index (χ0n) is 10.6. The van der Waals surface area contributed by atoms with Crippen LogP contribution in [0, 0.1) is 6.92 Å². The molecule has 102 valence electrons. The van der Waals surface area contributed by atoms with Crippen molar-refractivity contribution in [3.63, 3.8) is 0 Å². The number of amides is 1.